The first kappa shape index (κ1) is 16.7. The lowest BCUT2D eigenvalue weighted by Crippen LogP contribution is -2.27. The van der Waals surface area contributed by atoms with Crippen LogP contribution in [-0.4, -0.2) is 37.1 Å². The van der Waals surface area contributed by atoms with Crippen molar-refractivity contribution in [3.63, 3.8) is 0 Å². The van der Waals surface area contributed by atoms with Gasteiger partial charge in [-0.2, -0.15) is 0 Å². The van der Waals surface area contributed by atoms with Crippen LogP contribution >= 0.6 is 0 Å². The van der Waals surface area contributed by atoms with E-state index in [1.165, 1.54) is 11.1 Å². The van der Waals surface area contributed by atoms with Crippen LogP contribution in [0.5, 0.6) is 0 Å². The molecule has 0 aliphatic rings. The molecule has 0 bridgehead atoms. The molecule has 0 saturated carbocycles. The summed E-state index contributed by atoms with van der Waals surface area (Å²) in [6.45, 7) is 11.7. The molecule has 1 aromatic rings. The van der Waals surface area contributed by atoms with Crippen molar-refractivity contribution in [2.75, 3.05) is 26.2 Å². The fourth-order valence-electron chi connectivity index (χ4n) is 2.18. The van der Waals surface area contributed by atoms with Gasteiger partial charge in [0.2, 0.25) is 0 Å². The molecular formula is C17H27NO2. The Morgan fingerprint density at radius 1 is 1.00 bits per heavy atom. The number of ether oxygens (including phenoxy) is 1. The number of hydrogen-bond acceptors (Lipinski definition) is 3. The van der Waals surface area contributed by atoms with Crippen molar-refractivity contribution in [2.45, 2.75) is 40.5 Å². The molecule has 20 heavy (non-hydrogen) atoms. The van der Waals surface area contributed by atoms with E-state index in [0.717, 1.165) is 32.5 Å². The fourth-order valence-corrected chi connectivity index (χ4v) is 2.18. The number of benzene rings is 1. The van der Waals surface area contributed by atoms with Crippen LogP contribution in [0.2, 0.25) is 0 Å². The number of carbonyl (C=O) groups excluding carboxylic acids is 1. The molecule has 0 N–H and O–H groups in total. The highest BCUT2D eigenvalue weighted by molar-refractivity contribution is 5.89. The normalized spacial score (nSPS) is 10.8. The lowest BCUT2D eigenvalue weighted by molar-refractivity contribution is 0.0466. The van der Waals surface area contributed by atoms with Crippen molar-refractivity contribution in [3.8, 4) is 0 Å². The van der Waals surface area contributed by atoms with E-state index in [0.29, 0.717) is 12.2 Å². The van der Waals surface area contributed by atoms with Crippen LogP contribution in [0.25, 0.3) is 0 Å². The summed E-state index contributed by atoms with van der Waals surface area (Å²) in [5.41, 5.74) is 3.07. The van der Waals surface area contributed by atoms with E-state index >= 15 is 0 Å². The summed E-state index contributed by atoms with van der Waals surface area (Å²) < 4.78 is 5.38. The largest absolute Gasteiger partial charge is 0.461 e. The van der Waals surface area contributed by atoms with E-state index in [2.05, 4.69) is 38.7 Å². The minimum absolute atomic E-state index is 0.206. The van der Waals surface area contributed by atoms with Gasteiger partial charge in [0.25, 0.3) is 0 Å². The molecule has 0 aliphatic heterocycles. The SMILES string of the molecule is CCc1cc(CC)cc(C(=O)OCCN(CC)CC)c1. The lowest BCUT2D eigenvalue weighted by Gasteiger charge is -2.17. The molecule has 0 spiro atoms. The van der Waals surface area contributed by atoms with Gasteiger partial charge in [-0.1, -0.05) is 33.8 Å². The monoisotopic (exact) mass is 277 g/mol. The average molecular weight is 277 g/mol. The molecule has 0 amide bonds. The van der Waals surface area contributed by atoms with Crippen LogP contribution in [0.1, 0.15) is 49.2 Å². The molecule has 1 aromatic carbocycles. The van der Waals surface area contributed by atoms with Crippen molar-refractivity contribution in [3.05, 3.63) is 34.9 Å². The van der Waals surface area contributed by atoms with Crippen molar-refractivity contribution >= 4 is 5.97 Å². The average Bonchev–Trinajstić information content (AvgIpc) is 2.50. The summed E-state index contributed by atoms with van der Waals surface area (Å²) in [5, 5.41) is 0. The Morgan fingerprint density at radius 3 is 2.00 bits per heavy atom. The second-order valence-electron chi connectivity index (χ2n) is 4.91. The summed E-state index contributed by atoms with van der Waals surface area (Å²) in [6, 6.07) is 6.05. The van der Waals surface area contributed by atoms with E-state index in [-0.39, 0.29) is 5.97 Å². The maximum atomic E-state index is 12.1. The van der Waals surface area contributed by atoms with Gasteiger partial charge in [0, 0.05) is 6.54 Å². The van der Waals surface area contributed by atoms with Crippen LogP contribution in [0, 0.1) is 0 Å². The zero-order valence-corrected chi connectivity index (χ0v) is 13.2. The van der Waals surface area contributed by atoms with E-state index in [4.69, 9.17) is 4.74 Å². The topological polar surface area (TPSA) is 29.5 Å². The molecule has 112 valence electrons. The third-order valence-electron chi connectivity index (χ3n) is 3.64. The Balaban J connectivity index is 2.63. The molecule has 0 fully saturated rings. The number of aryl methyl sites for hydroxylation is 2. The first-order chi connectivity index (χ1) is 9.64. The van der Waals surface area contributed by atoms with Gasteiger partial charge in [-0.25, -0.2) is 4.79 Å². The highest BCUT2D eigenvalue weighted by Crippen LogP contribution is 2.13. The van der Waals surface area contributed by atoms with Crippen LogP contribution in [0.15, 0.2) is 18.2 Å². The van der Waals surface area contributed by atoms with Crippen LogP contribution in [0.3, 0.4) is 0 Å². The second kappa shape index (κ2) is 8.75. The van der Waals surface area contributed by atoms with Crippen LogP contribution < -0.4 is 0 Å². The van der Waals surface area contributed by atoms with Gasteiger partial charge in [0.1, 0.15) is 6.61 Å². The van der Waals surface area contributed by atoms with Gasteiger partial charge < -0.3 is 9.64 Å². The van der Waals surface area contributed by atoms with E-state index in [9.17, 15) is 4.79 Å². The van der Waals surface area contributed by atoms with Gasteiger partial charge >= 0.3 is 5.97 Å². The van der Waals surface area contributed by atoms with Gasteiger partial charge in [0.15, 0.2) is 0 Å². The van der Waals surface area contributed by atoms with Crippen LogP contribution in [-0.2, 0) is 17.6 Å². The molecule has 0 radical (unpaired) electrons. The Hall–Kier alpha value is -1.35. The van der Waals surface area contributed by atoms with Crippen LogP contribution in [0.4, 0.5) is 0 Å². The van der Waals surface area contributed by atoms with E-state index in [1.54, 1.807) is 0 Å². The van der Waals surface area contributed by atoms with E-state index < -0.39 is 0 Å². The molecule has 0 atom stereocenters. The maximum Gasteiger partial charge on any atom is 0.338 e. The Kier molecular flexibility index (Phi) is 7.31. The zero-order valence-electron chi connectivity index (χ0n) is 13.2. The third kappa shape index (κ3) is 4.97. The van der Waals surface area contributed by atoms with Gasteiger partial charge in [-0.05, 0) is 49.2 Å². The number of rotatable bonds is 8. The Labute approximate surface area is 122 Å². The number of nitrogens with zero attached hydrogens (tertiary/aromatic N) is 1. The summed E-state index contributed by atoms with van der Waals surface area (Å²) in [5.74, 6) is -0.206. The van der Waals surface area contributed by atoms with E-state index in [1.807, 2.05) is 12.1 Å². The van der Waals surface area contributed by atoms with Crippen molar-refractivity contribution in [2.24, 2.45) is 0 Å². The molecule has 3 nitrogen and oxygen atoms in total. The Bertz CT molecular complexity index is 403. The molecule has 0 heterocycles. The number of hydrogen-bond donors (Lipinski definition) is 0. The Morgan fingerprint density at radius 2 is 1.55 bits per heavy atom. The number of carbonyl (C=O) groups is 1. The number of likely N-dealkylation sites (N-methyl/N-ethyl adjacent to an activating group) is 1. The smallest absolute Gasteiger partial charge is 0.338 e. The minimum atomic E-state index is -0.206. The lowest BCUT2D eigenvalue weighted by atomic mass is 10.0. The quantitative estimate of drug-likeness (QED) is 0.683. The second-order valence-corrected chi connectivity index (χ2v) is 4.91. The molecule has 0 saturated heterocycles. The highest BCUT2D eigenvalue weighted by atomic mass is 16.5. The summed E-state index contributed by atoms with van der Waals surface area (Å²) in [6.07, 6.45) is 1.88. The molecular weight excluding hydrogens is 250 g/mol. The van der Waals surface area contributed by atoms with Crippen molar-refractivity contribution in [1.82, 2.24) is 4.90 Å². The fraction of sp³-hybridized carbons (Fsp3) is 0.588. The number of esters is 1. The van der Waals surface area contributed by atoms with Crippen molar-refractivity contribution < 1.29 is 9.53 Å². The summed E-state index contributed by atoms with van der Waals surface area (Å²) >= 11 is 0. The molecule has 1 rings (SSSR count). The minimum Gasteiger partial charge on any atom is -0.461 e. The first-order valence-electron chi connectivity index (χ1n) is 7.66. The first-order valence-corrected chi connectivity index (χ1v) is 7.66. The standard InChI is InChI=1S/C17H27NO2/c1-5-14-11-15(6-2)13-16(12-14)17(19)20-10-9-18(7-3)8-4/h11-13H,5-10H2,1-4H3. The third-order valence-corrected chi connectivity index (χ3v) is 3.64. The summed E-state index contributed by atoms with van der Waals surface area (Å²) in [4.78, 5) is 14.3. The highest BCUT2D eigenvalue weighted by Gasteiger charge is 2.10. The molecule has 0 aliphatic carbocycles. The van der Waals surface area contributed by atoms with Crippen molar-refractivity contribution in [1.29, 1.82) is 0 Å². The molecule has 3 heteroatoms. The predicted octanol–water partition coefficient (Wildman–Crippen LogP) is 3.31. The predicted molar refractivity (Wildman–Crippen MR) is 83.3 cm³/mol. The maximum absolute atomic E-state index is 12.1. The molecule has 0 unspecified atom stereocenters. The zero-order chi connectivity index (χ0) is 15.0. The molecule has 0 aromatic heterocycles. The van der Waals surface area contributed by atoms with Gasteiger partial charge in [-0.15, -0.1) is 0 Å². The van der Waals surface area contributed by atoms with Gasteiger partial charge in [-0.3, -0.25) is 0 Å². The van der Waals surface area contributed by atoms with Gasteiger partial charge in [0.05, 0.1) is 5.56 Å². The summed E-state index contributed by atoms with van der Waals surface area (Å²) in [7, 11) is 0.